The lowest BCUT2D eigenvalue weighted by molar-refractivity contribution is -0.122. The molecule has 1 fully saturated rings. The van der Waals surface area contributed by atoms with Crippen molar-refractivity contribution in [1.82, 2.24) is 10.2 Å². The van der Waals surface area contributed by atoms with E-state index >= 15 is 0 Å². The second kappa shape index (κ2) is 8.26. The highest BCUT2D eigenvalue weighted by Gasteiger charge is 2.35. The van der Waals surface area contributed by atoms with Crippen LogP contribution in [0.25, 0.3) is 0 Å². The lowest BCUT2D eigenvalue weighted by Crippen LogP contribution is -2.50. The van der Waals surface area contributed by atoms with Crippen LogP contribution in [0.2, 0.25) is 0 Å². The Balaban J connectivity index is 2.04. The van der Waals surface area contributed by atoms with Crippen molar-refractivity contribution in [3.05, 3.63) is 35.4 Å². The molecule has 24 heavy (non-hydrogen) atoms. The number of β-amino-alcohol motifs (C(OH)–C–C–N with tert-alkyl or cyclic N) is 1. The van der Waals surface area contributed by atoms with Crippen LogP contribution in [0.15, 0.2) is 24.3 Å². The van der Waals surface area contributed by atoms with Gasteiger partial charge in [0.2, 0.25) is 5.91 Å². The first-order valence-electron chi connectivity index (χ1n) is 8.27. The second-order valence-corrected chi connectivity index (χ2v) is 6.36. The summed E-state index contributed by atoms with van der Waals surface area (Å²) < 4.78 is 5.10. The van der Waals surface area contributed by atoms with Gasteiger partial charge in [-0.2, -0.15) is 0 Å². The van der Waals surface area contributed by atoms with Gasteiger partial charge in [0, 0.05) is 39.2 Å². The number of amides is 2. The van der Waals surface area contributed by atoms with Gasteiger partial charge in [0.05, 0.1) is 12.2 Å². The molecule has 132 valence electrons. The minimum Gasteiger partial charge on any atom is -0.388 e. The van der Waals surface area contributed by atoms with Gasteiger partial charge in [0.15, 0.2) is 0 Å². The molecule has 1 saturated heterocycles. The number of aliphatic hydroxyl groups is 1. The molecule has 1 aromatic rings. The number of carbonyl (C=O) groups excluding carboxylic acids is 2. The molecule has 0 saturated carbocycles. The highest BCUT2D eigenvalue weighted by molar-refractivity contribution is 5.94. The zero-order chi connectivity index (χ0) is 17.6. The molecule has 0 aromatic heterocycles. The van der Waals surface area contributed by atoms with Crippen molar-refractivity contribution in [2.24, 2.45) is 0 Å². The number of carbonyl (C=O) groups is 2. The van der Waals surface area contributed by atoms with Gasteiger partial charge >= 0.3 is 0 Å². The van der Waals surface area contributed by atoms with Crippen molar-refractivity contribution < 1.29 is 19.4 Å². The van der Waals surface area contributed by atoms with E-state index in [1.54, 1.807) is 25.1 Å². The molecule has 6 nitrogen and oxygen atoms in total. The van der Waals surface area contributed by atoms with Gasteiger partial charge in [0.25, 0.3) is 5.91 Å². The monoisotopic (exact) mass is 334 g/mol. The molecule has 1 aliphatic rings. The van der Waals surface area contributed by atoms with Crippen molar-refractivity contribution >= 4 is 11.8 Å². The summed E-state index contributed by atoms with van der Waals surface area (Å²) in [6.45, 7) is 1.34. The standard InChI is InChI=1S/C18H26N2O4/c1-19-16(21)7-9-18(23)8-4-10-20(13-18)17(22)15-6-3-5-14(11-15)12-24-2/h3,5-6,11,23H,4,7-10,12-13H2,1-2H3,(H,19,21)/t18-/m0/s1. The first-order chi connectivity index (χ1) is 11.5. The van der Waals surface area contributed by atoms with Crippen LogP contribution in [-0.4, -0.2) is 54.7 Å². The largest absolute Gasteiger partial charge is 0.388 e. The van der Waals surface area contributed by atoms with Crippen LogP contribution in [0.1, 0.15) is 41.6 Å². The molecule has 2 amide bonds. The number of methoxy groups -OCH3 is 1. The summed E-state index contributed by atoms with van der Waals surface area (Å²) in [7, 11) is 3.20. The maximum atomic E-state index is 12.7. The molecule has 0 spiro atoms. The smallest absolute Gasteiger partial charge is 0.253 e. The molecule has 1 aromatic carbocycles. The molecule has 1 aliphatic heterocycles. The predicted octanol–water partition coefficient (Wildman–Crippen LogP) is 1.33. The van der Waals surface area contributed by atoms with E-state index in [0.29, 0.717) is 31.6 Å². The number of ether oxygens (including phenoxy) is 1. The highest BCUT2D eigenvalue weighted by atomic mass is 16.5. The average molecular weight is 334 g/mol. The molecule has 0 radical (unpaired) electrons. The molecule has 1 heterocycles. The van der Waals surface area contributed by atoms with Crippen molar-refractivity contribution in [3.63, 3.8) is 0 Å². The van der Waals surface area contributed by atoms with Gasteiger partial charge in [-0.25, -0.2) is 0 Å². The fourth-order valence-electron chi connectivity index (χ4n) is 3.10. The van der Waals surface area contributed by atoms with E-state index in [-0.39, 0.29) is 24.8 Å². The second-order valence-electron chi connectivity index (χ2n) is 6.36. The van der Waals surface area contributed by atoms with E-state index in [9.17, 15) is 14.7 Å². The predicted molar refractivity (Wildman–Crippen MR) is 90.5 cm³/mol. The van der Waals surface area contributed by atoms with E-state index in [1.807, 2.05) is 18.2 Å². The molecule has 2 rings (SSSR count). The van der Waals surface area contributed by atoms with Gasteiger partial charge in [-0.1, -0.05) is 12.1 Å². The number of piperidine rings is 1. The summed E-state index contributed by atoms with van der Waals surface area (Å²) in [4.78, 5) is 25.8. The number of nitrogens with one attached hydrogen (secondary N) is 1. The first kappa shape index (κ1) is 18.4. The minimum absolute atomic E-state index is 0.0916. The molecule has 2 N–H and O–H groups in total. The Morgan fingerprint density at radius 2 is 2.21 bits per heavy atom. The SMILES string of the molecule is CNC(=O)CC[C@@]1(O)CCCN(C(=O)c2cccc(COC)c2)C1. The molecular weight excluding hydrogens is 308 g/mol. The van der Waals surface area contributed by atoms with Gasteiger partial charge in [-0.05, 0) is 37.0 Å². The van der Waals surface area contributed by atoms with E-state index in [2.05, 4.69) is 5.32 Å². The van der Waals surface area contributed by atoms with Gasteiger partial charge < -0.3 is 20.1 Å². The Morgan fingerprint density at radius 1 is 1.42 bits per heavy atom. The minimum atomic E-state index is -0.995. The zero-order valence-corrected chi connectivity index (χ0v) is 14.4. The van der Waals surface area contributed by atoms with Crippen LogP contribution < -0.4 is 5.32 Å². The highest BCUT2D eigenvalue weighted by Crippen LogP contribution is 2.27. The van der Waals surface area contributed by atoms with E-state index in [0.717, 1.165) is 12.0 Å². The number of benzene rings is 1. The Bertz CT molecular complexity index is 590. The van der Waals surface area contributed by atoms with Crippen molar-refractivity contribution in [2.45, 2.75) is 37.9 Å². The van der Waals surface area contributed by atoms with Gasteiger partial charge in [0.1, 0.15) is 0 Å². The summed E-state index contributed by atoms with van der Waals surface area (Å²) in [6, 6.07) is 7.35. The van der Waals surface area contributed by atoms with Crippen LogP contribution in [0.4, 0.5) is 0 Å². The summed E-state index contributed by atoms with van der Waals surface area (Å²) >= 11 is 0. The lowest BCUT2D eigenvalue weighted by atomic mass is 9.88. The fourth-order valence-corrected chi connectivity index (χ4v) is 3.10. The number of hydrogen-bond donors (Lipinski definition) is 2. The van der Waals surface area contributed by atoms with Crippen molar-refractivity contribution in [2.75, 3.05) is 27.2 Å². The molecule has 0 bridgehead atoms. The quantitative estimate of drug-likeness (QED) is 0.822. The third-order valence-electron chi connectivity index (χ3n) is 4.42. The summed E-state index contributed by atoms with van der Waals surface area (Å²) in [5.41, 5.74) is 0.542. The fraction of sp³-hybridized carbons (Fsp3) is 0.556. The number of likely N-dealkylation sites (tertiary alicyclic amines) is 1. The molecule has 1 atom stereocenters. The Hall–Kier alpha value is -1.92. The van der Waals surface area contributed by atoms with Crippen LogP contribution in [0, 0.1) is 0 Å². The van der Waals surface area contributed by atoms with Crippen LogP contribution >= 0.6 is 0 Å². The van der Waals surface area contributed by atoms with E-state index < -0.39 is 5.60 Å². The zero-order valence-electron chi connectivity index (χ0n) is 14.4. The van der Waals surface area contributed by atoms with E-state index in [1.165, 1.54) is 0 Å². The third kappa shape index (κ3) is 4.79. The number of hydrogen-bond acceptors (Lipinski definition) is 4. The van der Waals surface area contributed by atoms with Crippen LogP contribution in [0.3, 0.4) is 0 Å². The lowest BCUT2D eigenvalue weighted by Gasteiger charge is -2.39. The number of nitrogens with zero attached hydrogens (tertiary/aromatic N) is 1. The van der Waals surface area contributed by atoms with E-state index in [4.69, 9.17) is 4.74 Å². The summed E-state index contributed by atoms with van der Waals surface area (Å²) in [6.07, 6.45) is 1.96. The topological polar surface area (TPSA) is 78.9 Å². The van der Waals surface area contributed by atoms with Crippen LogP contribution in [-0.2, 0) is 16.1 Å². The maximum Gasteiger partial charge on any atom is 0.253 e. The normalized spacial score (nSPS) is 20.7. The summed E-state index contributed by atoms with van der Waals surface area (Å²) in [5.74, 6) is -0.190. The van der Waals surface area contributed by atoms with Crippen molar-refractivity contribution in [1.29, 1.82) is 0 Å². The van der Waals surface area contributed by atoms with Gasteiger partial charge in [-0.3, -0.25) is 9.59 Å². The Kier molecular flexibility index (Phi) is 6.34. The molecule has 6 heteroatoms. The Morgan fingerprint density at radius 3 is 2.92 bits per heavy atom. The first-order valence-corrected chi connectivity index (χ1v) is 8.27. The maximum absolute atomic E-state index is 12.7. The number of rotatable bonds is 6. The van der Waals surface area contributed by atoms with Crippen LogP contribution in [0.5, 0.6) is 0 Å². The van der Waals surface area contributed by atoms with Crippen molar-refractivity contribution in [3.8, 4) is 0 Å². The third-order valence-corrected chi connectivity index (χ3v) is 4.42. The Labute approximate surface area is 142 Å². The molecular formula is C18H26N2O4. The molecule has 0 aliphatic carbocycles. The average Bonchev–Trinajstić information content (AvgIpc) is 2.59. The molecule has 0 unspecified atom stereocenters. The van der Waals surface area contributed by atoms with Gasteiger partial charge in [-0.15, -0.1) is 0 Å². The summed E-state index contributed by atoms with van der Waals surface area (Å²) in [5, 5.41) is 13.3.